The lowest BCUT2D eigenvalue weighted by Crippen LogP contribution is -2.38. The third-order valence-corrected chi connectivity index (χ3v) is 4.65. The fourth-order valence-electron chi connectivity index (χ4n) is 1.35. The Hall–Kier alpha value is -1.51. The molecule has 2 aromatic rings. The van der Waals surface area contributed by atoms with Gasteiger partial charge in [0.15, 0.2) is 0 Å². The molecule has 0 unspecified atom stereocenters. The predicted octanol–water partition coefficient (Wildman–Crippen LogP) is 1.05. The molecule has 2 rings (SSSR count). The lowest BCUT2D eigenvalue weighted by Gasteiger charge is -2.09. The average Bonchev–Trinajstić information content (AvgIpc) is 2.74. The molecule has 6 nitrogen and oxygen atoms in total. The van der Waals surface area contributed by atoms with E-state index in [9.17, 15) is 13.2 Å². The SMILES string of the molecule is C[C@H](NS(=O)(=O)c1ccc2ncsc2c1)C(=O)O. The highest BCUT2D eigenvalue weighted by Crippen LogP contribution is 2.21. The number of benzene rings is 1. The summed E-state index contributed by atoms with van der Waals surface area (Å²) in [5, 5.41) is 8.70. The van der Waals surface area contributed by atoms with Crippen molar-refractivity contribution in [1.29, 1.82) is 0 Å². The van der Waals surface area contributed by atoms with Crippen LogP contribution in [0.4, 0.5) is 0 Å². The second-order valence-electron chi connectivity index (χ2n) is 3.66. The summed E-state index contributed by atoms with van der Waals surface area (Å²) in [7, 11) is -3.83. The van der Waals surface area contributed by atoms with Crippen LogP contribution in [0.2, 0.25) is 0 Å². The number of hydrogen-bond donors (Lipinski definition) is 2. The van der Waals surface area contributed by atoms with Crippen molar-refractivity contribution in [3.63, 3.8) is 0 Å². The van der Waals surface area contributed by atoms with Crippen LogP contribution >= 0.6 is 11.3 Å². The number of sulfonamides is 1. The highest BCUT2D eigenvalue weighted by molar-refractivity contribution is 7.89. The van der Waals surface area contributed by atoms with E-state index < -0.39 is 22.0 Å². The Kier molecular flexibility index (Phi) is 3.33. The summed E-state index contributed by atoms with van der Waals surface area (Å²) in [6, 6.07) is 3.29. The minimum Gasteiger partial charge on any atom is -0.480 e. The maximum absolute atomic E-state index is 11.9. The van der Waals surface area contributed by atoms with Crippen molar-refractivity contribution in [3.8, 4) is 0 Å². The maximum atomic E-state index is 11.9. The molecule has 2 N–H and O–H groups in total. The molecule has 0 saturated heterocycles. The second-order valence-corrected chi connectivity index (χ2v) is 6.26. The van der Waals surface area contributed by atoms with E-state index in [2.05, 4.69) is 9.71 Å². The molecular weight excluding hydrogens is 276 g/mol. The third kappa shape index (κ3) is 2.50. The van der Waals surface area contributed by atoms with Gasteiger partial charge in [-0.15, -0.1) is 11.3 Å². The van der Waals surface area contributed by atoms with E-state index in [1.807, 2.05) is 0 Å². The molecule has 0 aliphatic rings. The molecule has 1 atom stereocenters. The van der Waals surface area contributed by atoms with Crippen LogP contribution in [0.15, 0.2) is 28.6 Å². The smallest absolute Gasteiger partial charge is 0.321 e. The number of nitrogens with zero attached hydrogens (tertiary/aromatic N) is 1. The van der Waals surface area contributed by atoms with Crippen molar-refractivity contribution >= 4 is 37.5 Å². The van der Waals surface area contributed by atoms with E-state index >= 15 is 0 Å². The molecule has 1 heterocycles. The van der Waals surface area contributed by atoms with E-state index in [1.54, 1.807) is 11.6 Å². The molecule has 0 fully saturated rings. The average molecular weight is 286 g/mol. The van der Waals surface area contributed by atoms with Crippen molar-refractivity contribution in [1.82, 2.24) is 9.71 Å². The van der Waals surface area contributed by atoms with Gasteiger partial charge in [-0.25, -0.2) is 13.4 Å². The Morgan fingerprint density at radius 3 is 2.89 bits per heavy atom. The van der Waals surface area contributed by atoms with Crippen LogP contribution in [0, 0.1) is 0 Å². The third-order valence-electron chi connectivity index (χ3n) is 2.32. The number of aromatic nitrogens is 1. The fraction of sp³-hybridized carbons (Fsp3) is 0.200. The summed E-state index contributed by atoms with van der Waals surface area (Å²) in [4.78, 5) is 14.7. The van der Waals surface area contributed by atoms with Gasteiger partial charge in [0.1, 0.15) is 6.04 Å². The van der Waals surface area contributed by atoms with Gasteiger partial charge >= 0.3 is 5.97 Å². The van der Waals surface area contributed by atoms with Crippen molar-refractivity contribution in [2.75, 3.05) is 0 Å². The van der Waals surface area contributed by atoms with Gasteiger partial charge in [0.2, 0.25) is 10.0 Å². The van der Waals surface area contributed by atoms with E-state index in [-0.39, 0.29) is 4.90 Å². The largest absolute Gasteiger partial charge is 0.480 e. The number of thiazole rings is 1. The van der Waals surface area contributed by atoms with E-state index in [1.165, 1.54) is 30.4 Å². The molecule has 0 bridgehead atoms. The molecule has 96 valence electrons. The quantitative estimate of drug-likeness (QED) is 0.875. The fourth-order valence-corrected chi connectivity index (χ4v) is 3.37. The van der Waals surface area contributed by atoms with Crippen LogP contribution in [-0.2, 0) is 14.8 Å². The van der Waals surface area contributed by atoms with Crippen LogP contribution in [0.1, 0.15) is 6.92 Å². The van der Waals surface area contributed by atoms with Crippen LogP contribution < -0.4 is 4.72 Å². The Morgan fingerprint density at radius 1 is 1.50 bits per heavy atom. The number of carboxylic acid groups (broad SMARTS) is 1. The molecule has 18 heavy (non-hydrogen) atoms. The summed E-state index contributed by atoms with van der Waals surface area (Å²) >= 11 is 1.32. The van der Waals surface area contributed by atoms with Gasteiger partial charge in [-0.05, 0) is 25.1 Å². The highest BCUT2D eigenvalue weighted by atomic mass is 32.2. The van der Waals surface area contributed by atoms with Gasteiger partial charge in [-0.2, -0.15) is 4.72 Å². The van der Waals surface area contributed by atoms with E-state index in [0.29, 0.717) is 5.52 Å². The zero-order chi connectivity index (χ0) is 13.3. The van der Waals surface area contributed by atoms with Crippen molar-refractivity contribution in [2.24, 2.45) is 0 Å². The molecule has 0 aliphatic heterocycles. The number of rotatable bonds is 4. The van der Waals surface area contributed by atoms with Crippen molar-refractivity contribution < 1.29 is 18.3 Å². The Balaban J connectivity index is 2.37. The van der Waals surface area contributed by atoms with Crippen molar-refractivity contribution in [3.05, 3.63) is 23.7 Å². The molecule has 1 aromatic carbocycles. The molecule has 8 heteroatoms. The topological polar surface area (TPSA) is 96.4 Å². The van der Waals surface area contributed by atoms with Crippen LogP contribution in [0.5, 0.6) is 0 Å². The Morgan fingerprint density at radius 2 is 2.22 bits per heavy atom. The number of fused-ring (bicyclic) bond motifs is 1. The molecule has 1 aromatic heterocycles. The molecule has 0 spiro atoms. The zero-order valence-electron chi connectivity index (χ0n) is 9.32. The summed E-state index contributed by atoms with van der Waals surface area (Å²) in [5.41, 5.74) is 2.33. The van der Waals surface area contributed by atoms with Crippen LogP contribution in [0.3, 0.4) is 0 Å². The lowest BCUT2D eigenvalue weighted by atomic mass is 10.3. The zero-order valence-corrected chi connectivity index (χ0v) is 11.0. The second kappa shape index (κ2) is 4.63. The lowest BCUT2D eigenvalue weighted by molar-refractivity contribution is -0.138. The number of aliphatic carboxylic acids is 1. The number of carbonyl (C=O) groups is 1. The van der Waals surface area contributed by atoms with Gasteiger partial charge in [-0.3, -0.25) is 4.79 Å². The highest BCUT2D eigenvalue weighted by Gasteiger charge is 2.21. The summed E-state index contributed by atoms with van der Waals surface area (Å²) in [6.45, 7) is 1.27. The predicted molar refractivity (Wildman–Crippen MR) is 67.0 cm³/mol. The van der Waals surface area contributed by atoms with Gasteiger partial charge in [-0.1, -0.05) is 0 Å². The maximum Gasteiger partial charge on any atom is 0.321 e. The Bertz CT molecular complexity index is 693. The number of hydrogen-bond acceptors (Lipinski definition) is 5. The van der Waals surface area contributed by atoms with Gasteiger partial charge in [0.25, 0.3) is 0 Å². The molecule has 0 aliphatic carbocycles. The molecule has 0 radical (unpaired) electrons. The van der Waals surface area contributed by atoms with Gasteiger partial charge in [0.05, 0.1) is 20.6 Å². The normalized spacial score (nSPS) is 13.6. The summed E-state index contributed by atoms with van der Waals surface area (Å²) in [6.07, 6.45) is 0. The first-order valence-electron chi connectivity index (χ1n) is 4.98. The minimum atomic E-state index is -3.83. The molecule has 0 amide bonds. The number of nitrogens with one attached hydrogen (secondary N) is 1. The van der Waals surface area contributed by atoms with E-state index in [0.717, 1.165) is 4.70 Å². The van der Waals surface area contributed by atoms with Crippen LogP contribution in [-0.4, -0.2) is 30.5 Å². The van der Waals surface area contributed by atoms with E-state index in [4.69, 9.17) is 5.11 Å². The summed E-state index contributed by atoms with van der Waals surface area (Å²) < 4.78 is 26.7. The standard InChI is InChI=1S/C10H10N2O4S2/c1-6(10(13)14)12-18(15,16)7-2-3-8-9(4-7)17-5-11-8/h2-6,12H,1H3,(H,13,14)/t6-/m0/s1. The minimum absolute atomic E-state index is 0.0346. The Labute approximate surface area is 107 Å². The number of carboxylic acids is 1. The molecule has 0 saturated carbocycles. The first kappa shape index (κ1) is 12.9. The van der Waals surface area contributed by atoms with Gasteiger partial charge < -0.3 is 5.11 Å². The summed E-state index contributed by atoms with van der Waals surface area (Å²) in [5.74, 6) is -1.22. The van der Waals surface area contributed by atoms with Crippen LogP contribution in [0.25, 0.3) is 10.2 Å². The monoisotopic (exact) mass is 286 g/mol. The first-order chi connectivity index (χ1) is 8.40. The molecular formula is C10H10N2O4S2. The van der Waals surface area contributed by atoms with Gasteiger partial charge in [0, 0.05) is 0 Å². The first-order valence-corrected chi connectivity index (χ1v) is 7.35. The van der Waals surface area contributed by atoms with Crippen molar-refractivity contribution in [2.45, 2.75) is 17.9 Å².